The molecule has 2 nitrogen and oxygen atoms in total. The van der Waals surface area contributed by atoms with E-state index in [9.17, 15) is 4.79 Å². The standard InChI is InChI=1S/C3H4O2.2C2H6/c4-3-1-2-5-3;2*1-2/h1-2H2;2*1-2H3. The largest absolute Gasteiger partial charge is 0.465 e. The number of esters is 1. The summed E-state index contributed by atoms with van der Waals surface area (Å²) >= 11 is 0. The Morgan fingerprint density at radius 1 is 1.22 bits per heavy atom. The van der Waals surface area contributed by atoms with Gasteiger partial charge in [0.2, 0.25) is 0 Å². The first-order valence-electron chi connectivity index (χ1n) is 3.55. The summed E-state index contributed by atoms with van der Waals surface area (Å²) in [6, 6.07) is 0. The van der Waals surface area contributed by atoms with Crippen LogP contribution in [0, 0.1) is 0 Å². The molecule has 1 fully saturated rings. The second-order valence-corrected chi connectivity index (χ2v) is 0.970. The minimum atomic E-state index is -0.0648. The monoisotopic (exact) mass is 132 g/mol. The minimum Gasteiger partial charge on any atom is -0.465 e. The number of ether oxygens (including phenoxy) is 1. The highest BCUT2D eigenvalue weighted by Gasteiger charge is 2.10. The second-order valence-electron chi connectivity index (χ2n) is 0.970. The molecule has 1 saturated heterocycles. The Morgan fingerprint density at radius 2 is 1.44 bits per heavy atom. The van der Waals surface area contributed by atoms with E-state index in [-0.39, 0.29) is 5.97 Å². The van der Waals surface area contributed by atoms with Crippen LogP contribution in [0.2, 0.25) is 0 Å². The summed E-state index contributed by atoms with van der Waals surface area (Å²) in [6.07, 6.45) is 0.625. The maximum atomic E-state index is 9.68. The molecule has 56 valence electrons. The van der Waals surface area contributed by atoms with Gasteiger partial charge in [-0.1, -0.05) is 27.7 Å². The SMILES string of the molecule is CC.CC.O=C1CCO1. The van der Waals surface area contributed by atoms with Crippen molar-refractivity contribution in [3.05, 3.63) is 0 Å². The lowest BCUT2D eigenvalue weighted by molar-refractivity contribution is -0.157. The Kier molecular flexibility index (Phi) is 13.1. The number of carbonyl (C=O) groups excluding carboxylic acids is 1. The fourth-order valence-corrected chi connectivity index (χ4v) is 0.185. The molecule has 9 heavy (non-hydrogen) atoms. The van der Waals surface area contributed by atoms with Crippen molar-refractivity contribution in [2.75, 3.05) is 6.61 Å². The Bertz CT molecular complexity index is 53.9. The third kappa shape index (κ3) is 7.47. The molecule has 0 aromatic carbocycles. The van der Waals surface area contributed by atoms with Crippen molar-refractivity contribution in [3.63, 3.8) is 0 Å². The van der Waals surface area contributed by atoms with Gasteiger partial charge in [0.05, 0.1) is 6.42 Å². The topological polar surface area (TPSA) is 26.3 Å². The van der Waals surface area contributed by atoms with Gasteiger partial charge in [-0.2, -0.15) is 0 Å². The van der Waals surface area contributed by atoms with E-state index in [2.05, 4.69) is 4.74 Å². The Labute approximate surface area is 57.2 Å². The van der Waals surface area contributed by atoms with Gasteiger partial charge in [-0.3, -0.25) is 4.79 Å². The van der Waals surface area contributed by atoms with Crippen molar-refractivity contribution in [3.8, 4) is 0 Å². The molecule has 0 radical (unpaired) electrons. The van der Waals surface area contributed by atoms with Crippen LogP contribution in [0.25, 0.3) is 0 Å². The molecule has 1 rings (SSSR count). The van der Waals surface area contributed by atoms with Gasteiger partial charge in [0.15, 0.2) is 0 Å². The highest BCUT2D eigenvalue weighted by atomic mass is 16.6. The van der Waals surface area contributed by atoms with Gasteiger partial charge >= 0.3 is 5.97 Å². The molecule has 0 atom stereocenters. The van der Waals surface area contributed by atoms with Gasteiger partial charge in [0.25, 0.3) is 0 Å². The van der Waals surface area contributed by atoms with Crippen molar-refractivity contribution >= 4 is 5.97 Å². The van der Waals surface area contributed by atoms with Crippen molar-refractivity contribution in [1.29, 1.82) is 0 Å². The molecule has 1 heterocycles. The first kappa shape index (κ1) is 11.3. The maximum Gasteiger partial charge on any atom is 0.309 e. The van der Waals surface area contributed by atoms with Crippen molar-refractivity contribution < 1.29 is 9.53 Å². The van der Waals surface area contributed by atoms with Crippen molar-refractivity contribution in [2.45, 2.75) is 34.1 Å². The fraction of sp³-hybridized carbons (Fsp3) is 0.857. The van der Waals surface area contributed by atoms with Crippen LogP contribution >= 0.6 is 0 Å². The predicted octanol–water partition coefficient (Wildman–Crippen LogP) is 1.99. The first-order valence-corrected chi connectivity index (χ1v) is 3.55. The summed E-state index contributed by atoms with van der Waals surface area (Å²) in [7, 11) is 0. The molecule has 0 spiro atoms. The number of cyclic esters (lactones) is 1. The summed E-state index contributed by atoms with van der Waals surface area (Å²) in [4.78, 5) is 9.68. The Hall–Kier alpha value is -0.530. The number of hydrogen-bond acceptors (Lipinski definition) is 2. The van der Waals surface area contributed by atoms with E-state index in [0.717, 1.165) is 0 Å². The third-order valence-electron chi connectivity index (χ3n) is 0.569. The maximum absolute atomic E-state index is 9.68. The van der Waals surface area contributed by atoms with E-state index in [4.69, 9.17) is 0 Å². The molecule has 0 saturated carbocycles. The summed E-state index contributed by atoms with van der Waals surface area (Å²) < 4.78 is 4.29. The van der Waals surface area contributed by atoms with Crippen LogP contribution in [0.3, 0.4) is 0 Å². The van der Waals surface area contributed by atoms with Crippen LogP contribution in [0.15, 0.2) is 0 Å². The highest BCUT2D eigenvalue weighted by molar-refractivity contribution is 5.73. The van der Waals surface area contributed by atoms with E-state index in [1.54, 1.807) is 0 Å². The van der Waals surface area contributed by atoms with Crippen LogP contribution in [0.4, 0.5) is 0 Å². The quantitative estimate of drug-likeness (QED) is 0.471. The van der Waals surface area contributed by atoms with Crippen molar-refractivity contribution in [1.82, 2.24) is 0 Å². The molecular weight excluding hydrogens is 116 g/mol. The lowest BCUT2D eigenvalue weighted by atomic mass is 10.4. The zero-order chi connectivity index (χ0) is 7.70. The minimum absolute atomic E-state index is 0.0648. The predicted molar refractivity (Wildman–Crippen MR) is 38.3 cm³/mol. The zero-order valence-corrected chi connectivity index (χ0v) is 6.73. The molecule has 0 bridgehead atoms. The number of carbonyl (C=O) groups is 1. The Morgan fingerprint density at radius 3 is 1.44 bits per heavy atom. The van der Waals surface area contributed by atoms with E-state index in [1.165, 1.54) is 0 Å². The molecule has 1 aliphatic rings. The van der Waals surface area contributed by atoms with E-state index < -0.39 is 0 Å². The molecule has 0 aromatic rings. The van der Waals surface area contributed by atoms with Crippen LogP contribution in [-0.2, 0) is 9.53 Å². The van der Waals surface area contributed by atoms with Gasteiger partial charge < -0.3 is 4.74 Å². The summed E-state index contributed by atoms with van der Waals surface area (Å²) in [5.41, 5.74) is 0. The van der Waals surface area contributed by atoms with E-state index in [0.29, 0.717) is 13.0 Å². The zero-order valence-electron chi connectivity index (χ0n) is 6.73. The lowest BCUT2D eigenvalue weighted by Gasteiger charge is -2.09. The van der Waals surface area contributed by atoms with Crippen LogP contribution < -0.4 is 0 Å². The fourth-order valence-electron chi connectivity index (χ4n) is 0.185. The van der Waals surface area contributed by atoms with Crippen LogP contribution in [-0.4, -0.2) is 12.6 Å². The van der Waals surface area contributed by atoms with Gasteiger partial charge in [-0.25, -0.2) is 0 Å². The number of rotatable bonds is 0. The molecule has 0 amide bonds. The molecule has 0 aliphatic carbocycles. The van der Waals surface area contributed by atoms with Crippen molar-refractivity contribution in [2.24, 2.45) is 0 Å². The normalized spacial score (nSPS) is 12.7. The highest BCUT2D eigenvalue weighted by Crippen LogP contribution is 1.97. The van der Waals surface area contributed by atoms with Gasteiger partial charge in [-0.15, -0.1) is 0 Å². The summed E-state index contributed by atoms with van der Waals surface area (Å²) in [5.74, 6) is -0.0648. The first-order chi connectivity index (χ1) is 4.39. The van der Waals surface area contributed by atoms with E-state index in [1.807, 2.05) is 27.7 Å². The number of hydrogen-bond donors (Lipinski definition) is 0. The molecule has 0 aromatic heterocycles. The Balaban J connectivity index is 0. The summed E-state index contributed by atoms with van der Waals surface area (Å²) in [6.45, 7) is 8.64. The third-order valence-corrected chi connectivity index (χ3v) is 0.569. The molecular formula is C7H16O2. The molecule has 1 aliphatic heterocycles. The van der Waals surface area contributed by atoms with Crippen LogP contribution in [0.1, 0.15) is 34.1 Å². The van der Waals surface area contributed by atoms with Gasteiger partial charge in [0.1, 0.15) is 6.61 Å². The second kappa shape index (κ2) is 10.5. The average Bonchev–Trinajstić information content (AvgIpc) is 1.93. The smallest absolute Gasteiger partial charge is 0.309 e. The lowest BCUT2D eigenvalue weighted by Crippen LogP contribution is -2.18. The average molecular weight is 132 g/mol. The molecule has 0 unspecified atom stereocenters. The van der Waals surface area contributed by atoms with Gasteiger partial charge in [-0.05, 0) is 0 Å². The van der Waals surface area contributed by atoms with Crippen LogP contribution in [0.5, 0.6) is 0 Å². The molecule has 2 heteroatoms. The molecule has 0 N–H and O–H groups in total. The van der Waals surface area contributed by atoms with Gasteiger partial charge in [0, 0.05) is 0 Å². The summed E-state index contributed by atoms with van der Waals surface area (Å²) in [5, 5.41) is 0. The van der Waals surface area contributed by atoms with E-state index >= 15 is 0 Å².